The zero-order valence-electron chi connectivity index (χ0n) is 7.81. The van der Waals surface area contributed by atoms with Gasteiger partial charge >= 0.3 is 0 Å². The molecule has 2 N–H and O–H groups in total. The van der Waals surface area contributed by atoms with Crippen LogP contribution in [0.3, 0.4) is 0 Å². The topological polar surface area (TPSA) is 43.1 Å². The van der Waals surface area contributed by atoms with E-state index >= 15 is 0 Å². The molecular formula is C10H11F2NO. The Hall–Kier alpha value is -1.45. The zero-order valence-corrected chi connectivity index (χ0v) is 7.81. The van der Waals surface area contributed by atoms with Crippen LogP contribution < -0.4 is 5.73 Å². The summed E-state index contributed by atoms with van der Waals surface area (Å²) in [5.41, 5.74) is 5.27. The Morgan fingerprint density at radius 3 is 2.57 bits per heavy atom. The highest BCUT2D eigenvalue weighted by atomic mass is 19.1. The second-order valence-corrected chi connectivity index (χ2v) is 3.03. The molecule has 0 spiro atoms. The first-order chi connectivity index (χ1) is 6.54. The molecule has 0 fully saturated rings. The molecule has 0 radical (unpaired) electrons. The maximum absolute atomic E-state index is 13.1. The number of ketones is 1. The molecule has 0 atom stereocenters. The molecule has 0 aliphatic rings. The predicted octanol–water partition coefficient (Wildman–Crippen LogP) is 2.07. The summed E-state index contributed by atoms with van der Waals surface area (Å²) in [5, 5.41) is 0. The van der Waals surface area contributed by atoms with Crippen LogP contribution in [0.4, 0.5) is 14.5 Å². The largest absolute Gasteiger partial charge is 0.396 e. The normalized spacial score (nSPS) is 10.2. The van der Waals surface area contributed by atoms with Crippen molar-refractivity contribution in [1.82, 2.24) is 0 Å². The second kappa shape index (κ2) is 4.17. The van der Waals surface area contributed by atoms with Crippen LogP contribution in [0.15, 0.2) is 12.1 Å². The van der Waals surface area contributed by atoms with Crippen molar-refractivity contribution in [2.45, 2.75) is 19.8 Å². The van der Waals surface area contributed by atoms with Crippen LogP contribution in [-0.2, 0) is 11.2 Å². The molecule has 0 saturated heterocycles. The number of hydrogen-bond acceptors (Lipinski definition) is 2. The lowest BCUT2D eigenvalue weighted by Crippen LogP contribution is -2.04. The van der Waals surface area contributed by atoms with Crippen LogP contribution in [0.2, 0.25) is 0 Å². The van der Waals surface area contributed by atoms with Crippen molar-refractivity contribution < 1.29 is 13.6 Å². The fourth-order valence-corrected chi connectivity index (χ4v) is 1.09. The van der Waals surface area contributed by atoms with Gasteiger partial charge in [-0.1, -0.05) is 6.92 Å². The van der Waals surface area contributed by atoms with Gasteiger partial charge in [0.25, 0.3) is 0 Å². The second-order valence-electron chi connectivity index (χ2n) is 3.03. The molecule has 76 valence electrons. The van der Waals surface area contributed by atoms with Gasteiger partial charge in [-0.05, 0) is 11.6 Å². The summed E-state index contributed by atoms with van der Waals surface area (Å²) in [6.45, 7) is 1.69. The average molecular weight is 199 g/mol. The third-order valence-corrected chi connectivity index (χ3v) is 1.95. The summed E-state index contributed by atoms with van der Waals surface area (Å²) < 4.78 is 25.8. The van der Waals surface area contributed by atoms with Crippen LogP contribution in [0.5, 0.6) is 0 Å². The lowest BCUT2D eigenvalue weighted by molar-refractivity contribution is -0.118. The summed E-state index contributed by atoms with van der Waals surface area (Å²) in [6, 6.07) is 1.87. The number of anilines is 1. The Labute approximate surface area is 80.7 Å². The number of carbonyl (C=O) groups excluding carboxylic acids is 1. The average Bonchev–Trinajstić information content (AvgIpc) is 2.14. The highest BCUT2D eigenvalue weighted by Crippen LogP contribution is 2.17. The first-order valence-electron chi connectivity index (χ1n) is 4.29. The first-order valence-corrected chi connectivity index (χ1v) is 4.29. The van der Waals surface area contributed by atoms with Crippen LogP contribution in [-0.4, -0.2) is 5.78 Å². The lowest BCUT2D eigenvalue weighted by atomic mass is 10.1. The van der Waals surface area contributed by atoms with E-state index in [9.17, 15) is 13.6 Å². The van der Waals surface area contributed by atoms with Crippen LogP contribution >= 0.6 is 0 Å². The van der Waals surface area contributed by atoms with Crippen LogP contribution in [0.25, 0.3) is 0 Å². The van der Waals surface area contributed by atoms with Crippen molar-refractivity contribution in [3.05, 3.63) is 29.3 Å². The van der Waals surface area contributed by atoms with E-state index in [1.165, 1.54) is 0 Å². The van der Waals surface area contributed by atoms with E-state index < -0.39 is 11.6 Å². The SMILES string of the molecule is CCC(=O)Cc1cc(N)c(F)cc1F. The standard InChI is InChI=1S/C10H11F2NO/c1-2-7(14)3-6-4-10(13)9(12)5-8(6)11/h4-5H,2-3,13H2,1H3. The third-order valence-electron chi connectivity index (χ3n) is 1.95. The fraction of sp³-hybridized carbons (Fsp3) is 0.300. The quantitative estimate of drug-likeness (QED) is 0.757. The molecule has 14 heavy (non-hydrogen) atoms. The summed E-state index contributed by atoms with van der Waals surface area (Å²) >= 11 is 0. The molecule has 0 saturated carbocycles. The first kappa shape index (κ1) is 10.6. The maximum Gasteiger partial charge on any atom is 0.149 e. The Bertz CT molecular complexity index is 363. The molecule has 2 nitrogen and oxygen atoms in total. The van der Waals surface area contributed by atoms with Gasteiger partial charge in [-0.3, -0.25) is 4.79 Å². The fourth-order valence-electron chi connectivity index (χ4n) is 1.09. The monoisotopic (exact) mass is 199 g/mol. The van der Waals surface area contributed by atoms with E-state index in [2.05, 4.69) is 0 Å². The van der Waals surface area contributed by atoms with E-state index in [-0.39, 0.29) is 23.5 Å². The molecule has 0 heterocycles. The van der Waals surface area contributed by atoms with Crippen molar-refractivity contribution in [1.29, 1.82) is 0 Å². The Balaban J connectivity index is 2.98. The number of nitrogens with two attached hydrogens (primary N) is 1. The highest BCUT2D eigenvalue weighted by Gasteiger charge is 2.10. The minimum atomic E-state index is -0.796. The molecule has 4 heteroatoms. The van der Waals surface area contributed by atoms with E-state index in [1.807, 2.05) is 0 Å². The Morgan fingerprint density at radius 1 is 1.36 bits per heavy atom. The molecule has 1 rings (SSSR count). The number of rotatable bonds is 3. The number of benzene rings is 1. The van der Waals surface area contributed by atoms with Crippen molar-refractivity contribution in [3.63, 3.8) is 0 Å². The minimum Gasteiger partial charge on any atom is -0.396 e. The Kier molecular flexibility index (Phi) is 3.17. The number of nitrogen functional groups attached to an aromatic ring is 1. The maximum atomic E-state index is 13.1. The summed E-state index contributed by atoms with van der Waals surface area (Å²) in [4.78, 5) is 11.0. The number of halogens is 2. The molecule has 0 unspecified atom stereocenters. The van der Waals surface area contributed by atoms with Crippen LogP contribution in [0.1, 0.15) is 18.9 Å². The Morgan fingerprint density at radius 2 is 2.00 bits per heavy atom. The molecule has 0 amide bonds. The van der Waals surface area contributed by atoms with Crippen molar-refractivity contribution in [2.75, 3.05) is 5.73 Å². The van der Waals surface area contributed by atoms with Crippen molar-refractivity contribution in [3.8, 4) is 0 Å². The third kappa shape index (κ3) is 2.28. The predicted molar refractivity (Wildman–Crippen MR) is 49.8 cm³/mol. The van der Waals surface area contributed by atoms with E-state index in [0.717, 1.165) is 6.07 Å². The number of hydrogen-bond donors (Lipinski definition) is 1. The molecule has 1 aromatic carbocycles. The van der Waals surface area contributed by atoms with E-state index in [1.54, 1.807) is 6.92 Å². The van der Waals surface area contributed by atoms with Crippen LogP contribution in [0, 0.1) is 11.6 Å². The highest BCUT2D eigenvalue weighted by molar-refractivity contribution is 5.80. The van der Waals surface area contributed by atoms with Gasteiger partial charge in [0, 0.05) is 18.9 Å². The van der Waals surface area contributed by atoms with Gasteiger partial charge in [-0.25, -0.2) is 8.78 Å². The lowest BCUT2D eigenvalue weighted by Gasteiger charge is -2.03. The number of Topliss-reactive ketones (excluding diaryl/α,β-unsaturated/α-hetero) is 1. The zero-order chi connectivity index (χ0) is 10.7. The molecule has 1 aromatic rings. The molecule has 0 aliphatic carbocycles. The van der Waals surface area contributed by atoms with Gasteiger partial charge < -0.3 is 5.73 Å². The summed E-state index contributed by atoms with van der Waals surface area (Å²) in [7, 11) is 0. The summed E-state index contributed by atoms with van der Waals surface area (Å²) in [5.74, 6) is -1.62. The van der Waals surface area contributed by atoms with Crippen molar-refractivity contribution >= 4 is 11.5 Å². The smallest absolute Gasteiger partial charge is 0.149 e. The minimum absolute atomic E-state index is 0.0349. The molecular weight excluding hydrogens is 188 g/mol. The molecule has 0 bridgehead atoms. The van der Waals surface area contributed by atoms with Gasteiger partial charge in [0.05, 0.1) is 5.69 Å². The van der Waals surface area contributed by atoms with E-state index in [0.29, 0.717) is 12.5 Å². The van der Waals surface area contributed by atoms with Gasteiger partial charge in [0.15, 0.2) is 0 Å². The molecule has 0 aliphatic heterocycles. The van der Waals surface area contributed by atoms with Gasteiger partial charge in [-0.15, -0.1) is 0 Å². The van der Waals surface area contributed by atoms with E-state index in [4.69, 9.17) is 5.73 Å². The molecule has 0 aromatic heterocycles. The summed E-state index contributed by atoms with van der Waals surface area (Å²) in [6.07, 6.45) is 0.295. The van der Waals surface area contributed by atoms with Gasteiger partial charge in [0.1, 0.15) is 17.4 Å². The van der Waals surface area contributed by atoms with Crippen molar-refractivity contribution in [2.24, 2.45) is 0 Å². The number of carbonyl (C=O) groups is 1. The van der Waals surface area contributed by atoms with Gasteiger partial charge in [-0.2, -0.15) is 0 Å². The van der Waals surface area contributed by atoms with Gasteiger partial charge in [0.2, 0.25) is 0 Å².